The minimum absolute atomic E-state index is 0.158. The van der Waals surface area contributed by atoms with E-state index >= 15 is 0 Å². The van der Waals surface area contributed by atoms with E-state index in [9.17, 15) is 0 Å². The zero-order valence-corrected chi connectivity index (χ0v) is 6.96. The number of nitrogens with two attached hydrogens (primary N) is 4. The molecule has 0 radical (unpaired) electrons. The first-order valence-corrected chi connectivity index (χ1v) is 4.04. The van der Waals surface area contributed by atoms with Crippen LogP contribution in [0.3, 0.4) is 0 Å². The van der Waals surface area contributed by atoms with Crippen molar-refractivity contribution in [3.05, 3.63) is 0 Å². The highest BCUT2D eigenvalue weighted by Crippen LogP contribution is 2.25. The maximum absolute atomic E-state index is 5.82. The summed E-state index contributed by atoms with van der Waals surface area (Å²) in [7, 11) is 0. The molecule has 8 N–H and O–H groups in total. The van der Waals surface area contributed by atoms with Crippen LogP contribution in [0.1, 0.15) is 19.8 Å². The first-order valence-electron chi connectivity index (χ1n) is 4.04. The Morgan fingerprint density at radius 3 is 2.27 bits per heavy atom. The zero-order valence-electron chi connectivity index (χ0n) is 6.96. The van der Waals surface area contributed by atoms with Crippen molar-refractivity contribution < 1.29 is 0 Å². The van der Waals surface area contributed by atoms with E-state index in [1.54, 1.807) is 0 Å². The Morgan fingerprint density at radius 2 is 1.82 bits per heavy atom. The Kier molecular flexibility index (Phi) is 2.20. The quantitative estimate of drug-likeness (QED) is 0.328. The summed E-state index contributed by atoms with van der Waals surface area (Å²) in [6.07, 6.45) is 1.60. The Hall–Kier alpha value is -0.160. The highest BCUT2D eigenvalue weighted by molar-refractivity contribution is 4.99. The van der Waals surface area contributed by atoms with Gasteiger partial charge in [0.1, 0.15) is 0 Å². The zero-order chi connectivity index (χ0) is 8.65. The second kappa shape index (κ2) is 2.71. The highest BCUT2D eigenvalue weighted by atomic mass is 15.0. The van der Waals surface area contributed by atoms with Crippen LogP contribution < -0.4 is 22.9 Å². The Bertz CT molecular complexity index is 145. The SMILES string of the molecule is CC1C(N)CCC(N)(N)C1N. The minimum Gasteiger partial charge on any atom is -0.327 e. The molecule has 1 saturated carbocycles. The van der Waals surface area contributed by atoms with Gasteiger partial charge in [0.15, 0.2) is 0 Å². The summed E-state index contributed by atoms with van der Waals surface area (Å²) in [5, 5.41) is 0. The van der Waals surface area contributed by atoms with Gasteiger partial charge in [-0.05, 0) is 18.8 Å². The summed E-state index contributed by atoms with van der Waals surface area (Å²) < 4.78 is 0. The average Bonchev–Trinajstić information content (AvgIpc) is 1.95. The van der Waals surface area contributed by atoms with Gasteiger partial charge >= 0.3 is 0 Å². The van der Waals surface area contributed by atoms with Crippen molar-refractivity contribution >= 4 is 0 Å². The summed E-state index contributed by atoms with van der Waals surface area (Å²) in [6, 6.07) is -0.0172. The molecule has 0 saturated heterocycles. The Balaban J connectivity index is 2.67. The summed E-state index contributed by atoms with van der Waals surface area (Å²) in [6.45, 7) is 2.00. The smallest absolute Gasteiger partial charge is 0.0796 e. The van der Waals surface area contributed by atoms with Crippen molar-refractivity contribution in [3.8, 4) is 0 Å². The molecule has 66 valence electrons. The maximum Gasteiger partial charge on any atom is 0.0796 e. The molecule has 0 amide bonds. The molecule has 4 nitrogen and oxygen atoms in total. The average molecular weight is 158 g/mol. The fraction of sp³-hybridized carbons (Fsp3) is 1.00. The lowest BCUT2D eigenvalue weighted by atomic mass is 9.76. The van der Waals surface area contributed by atoms with Crippen molar-refractivity contribution in [2.45, 2.75) is 37.5 Å². The van der Waals surface area contributed by atoms with Gasteiger partial charge in [-0.25, -0.2) is 0 Å². The molecular formula is C7H18N4. The van der Waals surface area contributed by atoms with Crippen LogP contribution in [0.15, 0.2) is 0 Å². The van der Waals surface area contributed by atoms with Gasteiger partial charge in [0, 0.05) is 12.1 Å². The summed E-state index contributed by atoms with van der Waals surface area (Å²) in [4.78, 5) is 0. The van der Waals surface area contributed by atoms with Crippen LogP contribution in [0.2, 0.25) is 0 Å². The summed E-state index contributed by atoms with van der Waals surface area (Å²) in [5.74, 6) is 0.221. The van der Waals surface area contributed by atoms with Crippen LogP contribution in [0.25, 0.3) is 0 Å². The maximum atomic E-state index is 5.82. The normalized spacial score (nSPS) is 43.9. The van der Waals surface area contributed by atoms with Gasteiger partial charge in [-0.15, -0.1) is 0 Å². The van der Waals surface area contributed by atoms with E-state index in [0.29, 0.717) is 0 Å². The largest absolute Gasteiger partial charge is 0.327 e. The van der Waals surface area contributed by atoms with E-state index in [0.717, 1.165) is 12.8 Å². The predicted octanol–water partition coefficient (Wildman–Crippen LogP) is -1.32. The molecule has 0 aromatic heterocycles. The van der Waals surface area contributed by atoms with Gasteiger partial charge < -0.3 is 22.9 Å². The van der Waals surface area contributed by atoms with E-state index in [1.807, 2.05) is 6.92 Å². The highest BCUT2D eigenvalue weighted by Gasteiger charge is 2.39. The van der Waals surface area contributed by atoms with E-state index in [-0.39, 0.29) is 18.0 Å². The lowest BCUT2D eigenvalue weighted by molar-refractivity contribution is 0.175. The van der Waals surface area contributed by atoms with Crippen molar-refractivity contribution in [3.63, 3.8) is 0 Å². The van der Waals surface area contributed by atoms with Gasteiger partial charge in [0.2, 0.25) is 0 Å². The monoisotopic (exact) mass is 158 g/mol. The summed E-state index contributed by atoms with van der Waals surface area (Å²) in [5.41, 5.74) is 22.4. The molecule has 0 spiro atoms. The van der Waals surface area contributed by atoms with Gasteiger partial charge in [0.05, 0.1) is 5.66 Å². The fourth-order valence-corrected chi connectivity index (χ4v) is 1.60. The Labute approximate surface area is 67.3 Å². The van der Waals surface area contributed by atoms with Crippen molar-refractivity contribution in [1.29, 1.82) is 0 Å². The molecule has 1 rings (SSSR count). The molecule has 4 heteroatoms. The van der Waals surface area contributed by atoms with Crippen molar-refractivity contribution in [1.82, 2.24) is 0 Å². The van der Waals surface area contributed by atoms with E-state index in [1.165, 1.54) is 0 Å². The number of hydrogen-bond donors (Lipinski definition) is 4. The lowest BCUT2D eigenvalue weighted by Crippen LogP contribution is -2.69. The molecule has 3 unspecified atom stereocenters. The molecule has 0 aromatic carbocycles. The van der Waals surface area contributed by atoms with E-state index < -0.39 is 5.66 Å². The van der Waals surface area contributed by atoms with Gasteiger partial charge in [-0.1, -0.05) is 6.92 Å². The van der Waals surface area contributed by atoms with Gasteiger partial charge in [0.25, 0.3) is 0 Å². The second-order valence-corrected chi connectivity index (χ2v) is 3.70. The first kappa shape index (κ1) is 8.93. The second-order valence-electron chi connectivity index (χ2n) is 3.70. The van der Waals surface area contributed by atoms with Crippen LogP contribution >= 0.6 is 0 Å². The third kappa shape index (κ3) is 1.54. The lowest BCUT2D eigenvalue weighted by Gasteiger charge is -2.42. The van der Waals surface area contributed by atoms with Crippen molar-refractivity contribution in [2.24, 2.45) is 28.9 Å². The third-order valence-electron chi connectivity index (χ3n) is 2.77. The number of hydrogen-bond acceptors (Lipinski definition) is 4. The fourth-order valence-electron chi connectivity index (χ4n) is 1.60. The first-order chi connectivity index (χ1) is 4.95. The molecule has 11 heavy (non-hydrogen) atoms. The van der Waals surface area contributed by atoms with Crippen molar-refractivity contribution in [2.75, 3.05) is 0 Å². The molecule has 1 fully saturated rings. The van der Waals surface area contributed by atoms with Gasteiger partial charge in [-0.3, -0.25) is 0 Å². The van der Waals surface area contributed by atoms with Crippen LogP contribution in [0, 0.1) is 5.92 Å². The molecule has 3 atom stereocenters. The van der Waals surface area contributed by atoms with Crippen LogP contribution in [-0.2, 0) is 0 Å². The minimum atomic E-state index is -0.713. The molecule has 0 aliphatic heterocycles. The van der Waals surface area contributed by atoms with Crippen LogP contribution in [0.5, 0.6) is 0 Å². The molecular weight excluding hydrogens is 140 g/mol. The molecule has 1 aliphatic carbocycles. The molecule has 1 aliphatic rings. The van der Waals surface area contributed by atoms with E-state index in [4.69, 9.17) is 22.9 Å². The van der Waals surface area contributed by atoms with Crippen LogP contribution in [-0.4, -0.2) is 17.7 Å². The topological polar surface area (TPSA) is 104 Å². The standard InChI is InChI=1S/C7H18N4/c1-4-5(8)2-3-7(10,11)6(4)9/h4-6H,2-3,8-11H2,1H3. The number of rotatable bonds is 0. The Morgan fingerprint density at radius 1 is 1.27 bits per heavy atom. The molecule has 0 aromatic rings. The molecule has 0 bridgehead atoms. The third-order valence-corrected chi connectivity index (χ3v) is 2.77. The molecule has 0 heterocycles. The van der Waals surface area contributed by atoms with Crippen LogP contribution in [0.4, 0.5) is 0 Å². The predicted molar refractivity (Wildman–Crippen MR) is 45.5 cm³/mol. The summed E-state index contributed by atoms with van der Waals surface area (Å²) >= 11 is 0. The van der Waals surface area contributed by atoms with Gasteiger partial charge in [-0.2, -0.15) is 0 Å². The van der Waals surface area contributed by atoms with E-state index in [2.05, 4.69) is 0 Å².